The molecule has 0 spiro atoms. The molecule has 0 aromatic heterocycles. The van der Waals surface area contributed by atoms with Crippen molar-refractivity contribution in [2.24, 2.45) is 0 Å². The van der Waals surface area contributed by atoms with Gasteiger partial charge in [0.15, 0.2) is 11.5 Å². The van der Waals surface area contributed by atoms with E-state index in [9.17, 15) is 20.4 Å². The van der Waals surface area contributed by atoms with Crippen molar-refractivity contribution >= 4 is 0 Å². The Morgan fingerprint density at radius 1 is 0.533 bits per heavy atom. The molecule has 0 aliphatic heterocycles. The van der Waals surface area contributed by atoms with E-state index in [1.807, 2.05) is 0 Å². The van der Waals surface area contributed by atoms with E-state index in [2.05, 4.69) is 0 Å². The van der Waals surface area contributed by atoms with Crippen LogP contribution < -0.4 is 0 Å². The Balaban J connectivity index is 2.66. The van der Waals surface area contributed by atoms with Crippen molar-refractivity contribution in [3.63, 3.8) is 0 Å². The van der Waals surface area contributed by atoms with Crippen LogP contribution in [0.5, 0.6) is 23.0 Å². The lowest BCUT2D eigenvalue weighted by molar-refractivity contribution is 0.341. The summed E-state index contributed by atoms with van der Waals surface area (Å²) in [6.45, 7) is 0. The highest BCUT2D eigenvalue weighted by Crippen LogP contribution is 2.48. The van der Waals surface area contributed by atoms with Crippen LogP contribution in [0.3, 0.4) is 0 Å². The molecular weight excluding hydrogens is 196 g/mol. The number of phenols is 4. The fourth-order valence-electron chi connectivity index (χ4n) is 2.11. The highest BCUT2D eigenvalue weighted by Gasteiger charge is 2.23. The van der Waals surface area contributed by atoms with Gasteiger partial charge >= 0.3 is 0 Å². The summed E-state index contributed by atoms with van der Waals surface area (Å²) < 4.78 is 0. The standard InChI is InChI=1S/C11H14O4/c12-8-6-4-2-1-3-5-7(6)9(13)11(15)10(8)14/h12-15H,1-5H2. The van der Waals surface area contributed by atoms with Gasteiger partial charge in [0.25, 0.3) is 0 Å². The van der Waals surface area contributed by atoms with Crippen molar-refractivity contribution in [1.29, 1.82) is 0 Å². The molecule has 0 unspecified atom stereocenters. The Bertz CT molecular complexity index is 361. The monoisotopic (exact) mass is 210 g/mol. The van der Waals surface area contributed by atoms with Gasteiger partial charge in [0.1, 0.15) is 0 Å². The van der Waals surface area contributed by atoms with Gasteiger partial charge in [-0.1, -0.05) is 6.42 Å². The van der Waals surface area contributed by atoms with Gasteiger partial charge in [0, 0.05) is 11.1 Å². The minimum Gasteiger partial charge on any atom is -0.504 e. The molecule has 1 aromatic rings. The fourth-order valence-corrected chi connectivity index (χ4v) is 2.11. The molecule has 0 fully saturated rings. The topological polar surface area (TPSA) is 80.9 Å². The van der Waals surface area contributed by atoms with Crippen LogP contribution in [0.15, 0.2) is 0 Å². The third-order valence-electron chi connectivity index (χ3n) is 2.96. The number of phenolic OH excluding ortho intramolecular Hbond substituents is 4. The first-order valence-electron chi connectivity index (χ1n) is 5.10. The normalized spacial score (nSPS) is 15.7. The fraction of sp³-hybridized carbons (Fsp3) is 0.455. The maximum atomic E-state index is 9.65. The lowest BCUT2D eigenvalue weighted by Gasteiger charge is -2.13. The van der Waals surface area contributed by atoms with Gasteiger partial charge in [-0.15, -0.1) is 0 Å². The van der Waals surface area contributed by atoms with Crippen LogP contribution in [-0.4, -0.2) is 20.4 Å². The first-order valence-corrected chi connectivity index (χ1v) is 5.10. The summed E-state index contributed by atoms with van der Waals surface area (Å²) >= 11 is 0. The molecule has 0 saturated carbocycles. The SMILES string of the molecule is Oc1c(O)c(O)c2c(c1O)CCCCC2. The van der Waals surface area contributed by atoms with Crippen molar-refractivity contribution in [3.8, 4) is 23.0 Å². The molecule has 4 nitrogen and oxygen atoms in total. The van der Waals surface area contributed by atoms with E-state index in [4.69, 9.17) is 0 Å². The smallest absolute Gasteiger partial charge is 0.204 e. The van der Waals surface area contributed by atoms with Crippen LogP contribution in [-0.2, 0) is 12.8 Å². The summed E-state index contributed by atoms with van der Waals surface area (Å²) in [6, 6.07) is 0. The molecule has 2 rings (SSSR count). The highest BCUT2D eigenvalue weighted by molar-refractivity contribution is 5.64. The zero-order chi connectivity index (χ0) is 11.0. The molecule has 1 aromatic carbocycles. The third kappa shape index (κ3) is 1.46. The summed E-state index contributed by atoms with van der Waals surface area (Å²) in [7, 11) is 0. The molecule has 1 aliphatic carbocycles. The van der Waals surface area contributed by atoms with Crippen LogP contribution in [0.4, 0.5) is 0 Å². The van der Waals surface area contributed by atoms with Crippen LogP contribution in [0, 0.1) is 0 Å². The molecule has 0 heterocycles. The van der Waals surface area contributed by atoms with Gasteiger partial charge < -0.3 is 20.4 Å². The van der Waals surface area contributed by atoms with Gasteiger partial charge in [-0.05, 0) is 25.7 Å². The highest BCUT2D eigenvalue weighted by atomic mass is 16.3. The van der Waals surface area contributed by atoms with E-state index in [0.29, 0.717) is 24.0 Å². The summed E-state index contributed by atoms with van der Waals surface area (Å²) in [6.07, 6.45) is 4.12. The lowest BCUT2D eigenvalue weighted by Crippen LogP contribution is -1.93. The van der Waals surface area contributed by atoms with E-state index < -0.39 is 11.5 Å². The summed E-state index contributed by atoms with van der Waals surface area (Å²) in [5.74, 6) is -1.81. The minimum atomic E-state index is -0.617. The largest absolute Gasteiger partial charge is 0.504 e. The van der Waals surface area contributed by atoms with E-state index >= 15 is 0 Å². The summed E-state index contributed by atoms with van der Waals surface area (Å²) in [5.41, 5.74) is 1.14. The van der Waals surface area contributed by atoms with Gasteiger partial charge in [-0.3, -0.25) is 0 Å². The van der Waals surface area contributed by atoms with Crippen LogP contribution in [0.25, 0.3) is 0 Å². The molecule has 4 N–H and O–H groups in total. The van der Waals surface area contributed by atoms with Gasteiger partial charge in [-0.25, -0.2) is 0 Å². The number of hydrogen-bond acceptors (Lipinski definition) is 4. The minimum absolute atomic E-state index is 0.290. The lowest BCUT2D eigenvalue weighted by atomic mass is 9.99. The Labute approximate surface area is 87.4 Å². The van der Waals surface area contributed by atoms with Gasteiger partial charge in [0.2, 0.25) is 11.5 Å². The van der Waals surface area contributed by atoms with Gasteiger partial charge in [-0.2, -0.15) is 0 Å². The average Bonchev–Trinajstić information content (AvgIpc) is 2.48. The molecule has 1 aliphatic rings. The van der Waals surface area contributed by atoms with Crippen LogP contribution >= 0.6 is 0 Å². The molecule has 4 heteroatoms. The predicted octanol–water partition coefficient (Wildman–Crippen LogP) is 1.78. The Hall–Kier alpha value is -1.58. The molecule has 82 valence electrons. The zero-order valence-electron chi connectivity index (χ0n) is 8.32. The Kier molecular flexibility index (Phi) is 2.34. The second-order valence-electron chi connectivity index (χ2n) is 3.91. The maximum absolute atomic E-state index is 9.65. The van der Waals surface area contributed by atoms with Crippen LogP contribution in [0.2, 0.25) is 0 Å². The molecule has 0 saturated heterocycles. The Morgan fingerprint density at radius 2 is 0.933 bits per heavy atom. The van der Waals surface area contributed by atoms with E-state index in [-0.39, 0.29) is 11.5 Å². The number of benzene rings is 1. The average molecular weight is 210 g/mol. The first-order chi connectivity index (χ1) is 7.13. The van der Waals surface area contributed by atoms with Gasteiger partial charge in [0.05, 0.1) is 0 Å². The molecule has 0 bridgehead atoms. The summed E-state index contributed by atoms with van der Waals surface area (Å²) in [5, 5.41) is 38.1. The van der Waals surface area contributed by atoms with E-state index in [1.165, 1.54) is 0 Å². The second-order valence-corrected chi connectivity index (χ2v) is 3.91. The number of aromatic hydroxyl groups is 4. The number of hydrogen-bond donors (Lipinski definition) is 4. The zero-order valence-corrected chi connectivity index (χ0v) is 8.32. The van der Waals surface area contributed by atoms with Crippen LogP contribution in [0.1, 0.15) is 30.4 Å². The van der Waals surface area contributed by atoms with E-state index in [0.717, 1.165) is 19.3 Å². The van der Waals surface area contributed by atoms with Crippen molar-refractivity contribution in [2.45, 2.75) is 32.1 Å². The van der Waals surface area contributed by atoms with Crippen molar-refractivity contribution < 1.29 is 20.4 Å². The summed E-state index contributed by atoms with van der Waals surface area (Å²) in [4.78, 5) is 0. The molecule has 0 amide bonds. The first kappa shape index (κ1) is 9.96. The second kappa shape index (κ2) is 3.53. The van der Waals surface area contributed by atoms with E-state index in [1.54, 1.807) is 0 Å². The van der Waals surface area contributed by atoms with Crippen molar-refractivity contribution in [1.82, 2.24) is 0 Å². The molecule has 0 radical (unpaired) electrons. The molecule has 0 atom stereocenters. The predicted molar refractivity (Wildman–Crippen MR) is 54.4 cm³/mol. The third-order valence-corrected chi connectivity index (χ3v) is 2.96. The van der Waals surface area contributed by atoms with Crippen molar-refractivity contribution in [2.75, 3.05) is 0 Å². The molecular formula is C11H14O4. The maximum Gasteiger partial charge on any atom is 0.204 e. The molecule has 15 heavy (non-hydrogen) atoms. The Morgan fingerprint density at radius 3 is 1.33 bits per heavy atom. The number of fused-ring (bicyclic) bond motifs is 1. The van der Waals surface area contributed by atoms with Crippen molar-refractivity contribution in [3.05, 3.63) is 11.1 Å². The quantitative estimate of drug-likeness (QED) is 0.299. The number of rotatable bonds is 0.